The van der Waals surface area contributed by atoms with Crippen molar-refractivity contribution >= 4 is 17.5 Å². The van der Waals surface area contributed by atoms with Crippen molar-refractivity contribution in [3.63, 3.8) is 0 Å². The molecular weight excluding hydrogens is 452 g/mol. The van der Waals surface area contributed by atoms with Crippen molar-refractivity contribution in [3.8, 4) is 0 Å². The molecule has 1 saturated heterocycles. The van der Waals surface area contributed by atoms with Crippen LogP contribution in [-0.2, 0) is 24.9 Å². The number of hydrogen-bond acceptors (Lipinski definition) is 5. The molecule has 2 atom stereocenters. The number of hydrogen-bond donors (Lipinski definition) is 0. The van der Waals surface area contributed by atoms with Gasteiger partial charge in [-0.1, -0.05) is 18.2 Å². The average Bonchev–Trinajstić information content (AvgIpc) is 3.39. The molecule has 188 valence electrons. The van der Waals surface area contributed by atoms with Crippen LogP contribution in [0.15, 0.2) is 55.0 Å². The summed E-state index contributed by atoms with van der Waals surface area (Å²) >= 11 is 0. The molecule has 0 saturated carbocycles. The van der Waals surface area contributed by atoms with Crippen LogP contribution in [0.1, 0.15) is 53.4 Å². The maximum atomic E-state index is 13.9. The summed E-state index contributed by atoms with van der Waals surface area (Å²) in [5.74, 6) is 0.00856. The molecule has 2 amide bonds. The first-order valence-electron chi connectivity index (χ1n) is 12.7. The normalized spacial score (nSPS) is 20.6. The third-order valence-electron chi connectivity index (χ3n) is 7.56. The van der Waals surface area contributed by atoms with Crippen molar-refractivity contribution < 1.29 is 9.59 Å². The molecule has 4 heterocycles. The van der Waals surface area contributed by atoms with Crippen LogP contribution >= 0.6 is 0 Å². The highest BCUT2D eigenvalue weighted by molar-refractivity contribution is 5.95. The van der Waals surface area contributed by atoms with E-state index in [1.807, 2.05) is 66.6 Å². The molecule has 0 aliphatic carbocycles. The van der Waals surface area contributed by atoms with Crippen LogP contribution in [0.2, 0.25) is 0 Å². The summed E-state index contributed by atoms with van der Waals surface area (Å²) in [5, 5.41) is 4.42. The van der Waals surface area contributed by atoms with E-state index >= 15 is 0 Å². The fourth-order valence-electron chi connectivity index (χ4n) is 5.77. The summed E-state index contributed by atoms with van der Waals surface area (Å²) in [5.41, 5.74) is 4.45. The molecule has 2 aliphatic heterocycles. The van der Waals surface area contributed by atoms with Gasteiger partial charge in [-0.05, 0) is 55.5 Å². The van der Waals surface area contributed by atoms with E-state index in [4.69, 9.17) is 0 Å². The monoisotopic (exact) mass is 486 g/mol. The van der Waals surface area contributed by atoms with Crippen molar-refractivity contribution in [2.45, 2.75) is 58.3 Å². The molecule has 5 rings (SSSR count). The minimum Gasteiger partial charge on any atom is -0.333 e. The first-order chi connectivity index (χ1) is 17.4. The molecule has 0 N–H and O–H groups in total. The number of aryl methyl sites for hydroxylation is 2. The lowest BCUT2D eigenvalue weighted by atomic mass is 10.1. The molecule has 0 radical (unpaired) electrons. The third kappa shape index (κ3) is 4.91. The molecule has 0 unspecified atom stereocenters. The van der Waals surface area contributed by atoms with Crippen LogP contribution < -0.4 is 4.90 Å². The maximum absolute atomic E-state index is 13.9. The van der Waals surface area contributed by atoms with Crippen LogP contribution in [-0.4, -0.2) is 61.6 Å². The first kappa shape index (κ1) is 24.2. The van der Waals surface area contributed by atoms with Gasteiger partial charge in [0.15, 0.2) is 0 Å². The standard InChI is InChI=1S/C28H34N6O2/c1-20-26(19-31(3)30-20)28(36)32-17-23-6-4-5-7-27(23)33(21(2)35)15-12-24-8-9-25(18-32)34(24)16-22-10-13-29-14-11-22/h4-7,10-11,13-14,19,24-25H,8-9,12,15-18H2,1-3H3/t24-,25+/m1/s1. The number of carbonyl (C=O) groups excluding carboxylic acids is 2. The molecule has 2 aliphatic rings. The smallest absolute Gasteiger partial charge is 0.257 e. The van der Waals surface area contributed by atoms with Gasteiger partial charge in [-0.3, -0.25) is 24.2 Å². The van der Waals surface area contributed by atoms with Gasteiger partial charge in [-0.2, -0.15) is 5.10 Å². The van der Waals surface area contributed by atoms with Crippen molar-refractivity contribution in [2.24, 2.45) is 7.05 Å². The van der Waals surface area contributed by atoms with Gasteiger partial charge >= 0.3 is 0 Å². The van der Waals surface area contributed by atoms with Gasteiger partial charge in [0.05, 0.1) is 11.3 Å². The van der Waals surface area contributed by atoms with Crippen molar-refractivity contribution in [3.05, 3.63) is 77.4 Å². The van der Waals surface area contributed by atoms with E-state index in [1.165, 1.54) is 5.56 Å². The molecular formula is C28H34N6O2. The van der Waals surface area contributed by atoms with E-state index < -0.39 is 0 Å². The van der Waals surface area contributed by atoms with Crippen molar-refractivity contribution in [2.75, 3.05) is 18.0 Å². The summed E-state index contributed by atoms with van der Waals surface area (Å²) in [6.07, 6.45) is 8.44. The van der Waals surface area contributed by atoms with Crippen LogP contribution in [0.3, 0.4) is 0 Å². The number of nitrogens with zero attached hydrogens (tertiary/aromatic N) is 6. The molecule has 36 heavy (non-hydrogen) atoms. The lowest BCUT2D eigenvalue weighted by Gasteiger charge is -2.34. The largest absolute Gasteiger partial charge is 0.333 e. The Labute approximate surface area is 212 Å². The number of benzene rings is 1. The Bertz CT molecular complexity index is 1240. The quantitative estimate of drug-likeness (QED) is 0.566. The Morgan fingerprint density at radius 3 is 2.50 bits per heavy atom. The summed E-state index contributed by atoms with van der Waals surface area (Å²) in [7, 11) is 1.84. The maximum Gasteiger partial charge on any atom is 0.257 e. The fourth-order valence-corrected chi connectivity index (χ4v) is 5.77. The zero-order chi connectivity index (χ0) is 25.2. The Morgan fingerprint density at radius 2 is 1.78 bits per heavy atom. The molecule has 8 nitrogen and oxygen atoms in total. The summed E-state index contributed by atoms with van der Waals surface area (Å²) in [6.45, 7) is 6.04. The Morgan fingerprint density at radius 1 is 1.03 bits per heavy atom. The zero-order valence-electron chi connectivity index (χ0n) is 21.3. The number of rotatable bonds is 3. The van der Waals surface area contributed by atoms with Crippen LogP contribution in [0.25, 0.3) is 0 Å². The number of carbonyl (C=O) groups is 2. The van der Waals surface area contributed by atoms with E-state index in [2.05, 4.69) is 27.1 Å². The lowest BCUT2D eigenvalue weighted by molar-refractivity contribution is -0.116. The number of anilines is 1. The van der Waals surface area contributed by atoms with Gasteiger partial charge in [0.1, 0.15) is 0 Å². The minimum atomic E-state index is -0.0173. The van der Waals surface area contributed by atoms with Gasteiger partial charge < -0.3 is 9.80 Å². The highest BCUT2D eigenvalue weighted by atomic mass is 16.2. The molecule has 1 fully saturated rings. The van der Waals surface area contributed by atoms with Gasteiger partial charge in [0.25, 0.3) is 5.91 Å². The molecule has 8 heteroatoms. The number of para-hydroxylation sites is 1. The second-order valence-electron chi connectivity index (χ2n) is 9.99. The zero-order valence-corrected chi connectivity index (χ0v) is 21.3. The Balaban J connectivity index is 1.55. The number of amides is 2. The van der Waals surface area contributed by atoms with Gasteiger partial charge in [-0.15, -0.1) is 0 Å². The van der Waals surface area contributed by atoms with Gasteiger partial charge in [-0.25, -0.2) is 0 Å². The lowest BCUT2D eigenvalue weighted by Crippen LogP contribution is -2.45. The van der Waals surface area contributed by atoms with E-state index in [1.54, 1.807) is 11.6 Å². The highest BCUT2D eigenvalue weighted by Gasteiger charge is 2.37. The highest BCUT2D eigenvalue weighted by Crippen LogP contribution is 2.33. The fraction of sp³-hybridized carbons (Fsp3) is 0.429. The van der Waals surface area contributed by atoms with E-state index in [-0.39, 0.29) is 17.9 Å². The topological polar surface area (TPSA) is 74.6 Å². The van der Waals surface area contributed by atoms with Crippen LogP contribution in [0.4, 0.5) is 5.69 Å². The van der Waals surface area contributed by atoms with Crippen molar-refractivity contribution in [1.29, 1.82) is 0 Å². The Kier molecular flexibility index (Phi) is 6.87. The number of pyridine rings is 1. The Hall–Kier alpha value is -3.52. The summed E-state index contributed by atoms with van der Waals surface area (Å²) < 4.78 is 1.70. The second kappa shape index (κ2) is 10.2. The average molecular weight is 487 g/mol. The van der Waals surface area contributed by atoms with E-state index in [9.17, 15) is 9.59 Å². The van der Waals surface area contributed by atoms with Gasteiger partial charge in [0.2, 0.25) is 5.91 Å². The molecule has 2 bridgehead atoms. The van der Waals surface area contributed by atoms with Crippen LogP contribution in [0, 0.1) is 6.92 Å². The molecule has 0 spiro atoms. The summed E-state index contributed by atoms with van der Waals surface area (Å²) in [4.78, 5) is 37.3. The molecule has 3 aromatic rings. The van der Waals surface area contributed by atoms with Crippen molar-refractivity contribution in [1.82, 2.24) is 24.6 Å². The summed E-state index contributed by atoms with van der Waals surface area (Å²) in [6, 6.07) is 12.7. The number of fused-ring (bicyclic) bond motifs is 3. The SMILES string of the molecule is CC(=O)N1CC[C@H]2CC[C@@H](CN(C(=O)c3cn(C)nc3C)Cc3ccccc31)N2Cc1ccncc1. The van der Waals surface area contributed by atoms with E-state index in [0.29, 0.717) is 31.2 Å². The predicted molar refractivity (Wildman–Crippen MR) is 138 cm³/mol. The predicted octanol–water partition coefficient (Wildman–Crippen LogP) is 3.56. The van der Waals surface area contributed by atoms with E-state index in [0.717, 1.165) is 42.8 Å². The van der Waals surface area contributed by atoms with Crippen LogP contribution in [0.5, 0.6) is 0 Å². The van der Waals surface area contributed by atoms with Gasteiger partial charge in [0, 0.05) is 76.5 Å². The minimum absolute atomic E-state index is 0.0173. The first-order valence-corrected chi connectivity index (χ1v) is 12.7. The molecule has 1 aromatic carbocycles. The third-order valence-corrected chi connectivity index (χ3v) is 7.56. The second-order valence-corrected chi connectivity index (χ2v) is 9.99. The number of aromatic nitrogens is 3. The molecule has 2 aromatic heterocycles.